The minimum absolute atomic E-state index is 0.00953. The number of hydrogen-bond acceptors (Lipinski definition) is 7. The summed E-state index contributed by atoms with van der Waals surface area (Å²) in [6, 6.07) is 4.03. The Hall–Kier alpha value is -3.27. The van der Waals surface area contributed by atoms with E-state index in [1.807, 2.05) is 32.9 Å². The van der Waals surface area contributed by atoms with E-state index < -0.39 is 0 Å². The lowest BCUT2D eigenvalue weighted by atomic mass is 9.96. The molecule has 2 N–H and O–H groups in total. The first-order valence-electron chi connectivity index (χ1n) is 11.0. The molecule has 10 heteroatoms. The van der Waals surface area contributed by atoms with E-state index in [1.54, 1.807) is 7.05 Å². The van der Waals surface area contributed by atoms with Crippen molar-refractivity contribution in [3.8, 4) is 0 Å². The molecule has 1 aromatic carbocycles. The third-order valence-corrected chi connectivity index (χ3v) is 7.10. The zero-order chi connectivity index (χ0) is 23.7. The molecule has 0 aliphatic carbocycles. The van der Waals surface area contributed by atoms with Crippen molar-refractivity contribution in [2.24, 2.45) is 5.92 Å². The van der Waals surface area contributed by atoms with Crippen molar-refractivity contribution in [1.82, 2.24) is 19.9 Å². The Kier molecular flexibility index (Phi) is 6.46. The number of benzene rings is 1. The molecular formula is C23H28N6O3S. The number of carbonyl (C=O) groups is 2. The molecule has 3 heterocycles. The summed E-state index contributed by atoms with van der Waals surface area (Å²) < 4.78 is 1.74. The van der Waals surface area contributed by atoms with Crippen molar-refractivity contribution in [2.45, 2.75) is 40.2 Å². The Balaban J connectivity index is 1.49. The molecule has 1 aliphatic heterocycles. The van der Waals surface area contributed by atoms with E-state index in [2.05, 4.69) is 25.5 Å². The average molecular weight is 469 g/mol. The van der Waals surface area contributed by atoms with Gasteiger partial charge in [-0.3, -0.25) is 19.0 Å². The van der Waals surface area contributed by atoms with Gasteiger partial charge in [0, 0.05) is 31.7 Å². The topological polar surface area (TPSA) is 109 Å². The van der Waals surface area contributed by atoms with Crippen LogP contribution in [0.2, 0.25) is 0 Å². The van der Waals surface area contributed by atoms with Crippen LogP contribution in [0.25, 0.3) is 10.3 Å². The summed E-state index contributed by atoms with van der Waals surface area (Å²) in [4.78, 5) is 48.5. The van der Waals surface area contributed by atoms with E-state index >= 15 is 0 Å². The lowest BCUT2D eigenvalue weighted by Gasteiger charge is -2.30. The quantitative estimate of drug-likeness (QED) is 0.595. The number of aromatic nitrogens is 3. The van der Waals surface area contributed by atoms with Crippen LogP contribution in [0, 0.1) is 26.7 Å². The molecule has 3 aromatic rings. The maximum atomic E-state index is 13.0. The summed E-state index contributed by atoms with van der Waals surface area (Å²) in [5, 5.41) is 6.35. The number of aryl methyl sites for hydroxylation is 3. The smallest absolute Gasteiger partial charge is 0.273 e. The number of thiazole rings is 1. The molecule has 1 saturated heterocycles. The van der Waals surface area contributed by atoms with Crippen LogP contribution in [0.3, 0.4) is 0 Å². The average Bonchev–Trinajstić information content (AvgIpc) is 3.23. The van der Waals surface area contributed by atoms with E-state index in [9.17, 15) is 14.4 Å². The molecule has 33 heavy (non-hydrogen) atoms. The Bertz CT molecular complexity index is 1250. The Morgan fingerprint density at radius 3 is 2.45 bits per heavy atom. The SMILES string of the molecule is CNC(=O)C1CCN(c2nc3ncn(CC(=O)Nc4c(C)cc(C)cc4C)c(=O)c3s2)CC1. The maximum absolute atomic E-state index is 13.0. The molecular weight excluding hydrogens is 440 g/mol. The second-order valence-corrected chi connectivity index (χ2v) is 9.50. The van der Waals surface area contributed by atoms with Gasteiger partial charge in [-0.2, -0.15) is 4.98 Å². The minimum Gasteiger partial charge on any atom is -0.359 e. The van der Waals surface area contributed by atoms with Crippen LogP contribution in [0.15, 0.2) is 23.3 Å². The normalized spacial score (nSPS) is 14.5. The largest absolute Gasteiger partial charge is 0.359 e. The molecule has 1 aliphatic rings. The van der Waals surface area contributed by atoms with Crippen molar-refractivity contribution in [3.05, 3.63) is 45.5 Å². The van der Waals surface area contributed by atoms with Crippen molar-refractivity contribution in [3.63, 3.8) is 0 Å². The molecule has 0 atom stereocenters. The third-order valence-electron chi connectivity index (χ3n) is 6.01. The van der Waals surface area contributed by atoms with Crippen molar-refractivity contribution < 1.29 is 9.59 Å². The number of nitrogens with one attached hydrogen (secondary N) is 2. The lowest BCUT2D eigenvalue weighted by Crippen LogP contribution is -2.39. The number of nitrogens with zero attached hydrogens (tertiary/aromatic N) is 4. The molecule has 174 valence electrons. The van der Waals surface area contributed by atoms with Gasteiger partial charge in [0.15, 0.2) is 10.8 Å². The van der Waals surface area contributed by atoms with Gasteiger partial charge in [0.1, 0.15) is 17.6 Å². The fourth-order valence-corrected chi connectivity index (χ4v) is 5.35. The molecule has 0 unspecified atom stereocenters. The number of rotatable bonds is 5. The highest BCUT2D eigenvalue weighted by molar-refractivity contribution is 7.22. The summed E-state index contributed by atoms with van der Waals surface area (Å²) in [6.45, 7) is 7.18. The second kappa shape index (κ2) is 9.30. The van der Waals surface area contributed by atoms with Gasteiger partial charge in [-0.25, -0.2) is 4.98 Å². The van der Waals surface area contributed by atoms with Gasteiger partial charge in [-0.1, -0.05) is 29.0 Å². The number of anilines is 2. The zero-order valence-electron chi connectivity index (χ0n) is 19.3. The highest BCUT2D eigenvalue weighted by atomic mass is 32.1. The summed E-state index contributed by atoms with van der Waals surface area (Å²) >= 11 is 1.28. The van der Waals surface area contributed by atoms with Gasteiger partial charge in [0.2, 0.25) is 11.8 Å². The third kappa shape index (κ3) is 4.75. The van der Waals surface area contributed by atoms with Crippen LogP contribution in [0.5, 0.6) is 0 Å². The lowest BCUT2D eigenvalue weighted by molar-refractivity contribution is -0.125. The number of carbonyl (C=O) groups excluding carboxylic acids is 2. The Labute approximate surface area is 195 Å². The first-order chi connectivity index (χ1) is 15.8. The van der Waals surface area contributed by atoms with Gasteiger partial charge in [-0.15, -0.1) is 0 Å². The number of fused-ring (bicyclic) bond motifs is 1. The van der Waals surface area contributed by atoms with E-state index in [0.717, 1.165) is 40.4 Å². The predicted molar refractivity (Wildman–Crippen MR) is 130 cm³/mol. The van der Waals surface area contributed by atoms with Crippen LogP contribution in [-0.4, -0.2) is 46.5 Å². The molecule has 0 spiro atoms. The second-order valence-electron chi connectivity index (χ2n) is 8.52. The summed E-state index contributed by atoms with van der Waals surface area (Å²) in [5.41, 5.74) is 3.97. The monoisotopic (exact) mass is 468 g/mol. The maximum Gasteiger partial charge on any atom is 0.273 e. The van der Waals surface area contributed by atoms with Gasteiger partial charge >= 0.3 is 0 Å². The van der Waals surface area contributed by atoms with Crippen molar-refractivity contribution in [1.29, 1.82) is 0 Å². The molecule has 4 rings (SSSR count). The Morgan fingerprint density at radius 2 is 1.82 bits per heavy atom. The van der Waals surface area contributed by atoms with Crippen LogP contribution < -0.4 is 21.1 Å². The molecule has 1 fully saturated rings. The first kappa shape index (κ1) is 22.9. The van der Waals surface area contributed by atoms with Crippen LogP contribution in [0.4, 0.5) is 10.8 Å². The molecule has 2 amide bonds. The fraction of sp³-hybridized carbons (Fsp3) is 0.435. The van der Waals surface area contributed by atoms with Gasteiger partial charge in [-0.05, 0) is 44.7 Å². The highest BCUT2D eigenvalue weighted by Gasteiger charge is 2.26. The molecule has 0 radical (unpaired) electrons. The van der Waals surface area contributed by atoms with Crippen molar-refractivity contribution in [2.75, 3.05) is 30.4 Å². The molecule has 0 bridgehead atoms. The van der Waals surface area contributed by atoms with E-state index in [-0.39, 0.29) is 29.8 Å². The number of piperidine rings is 1. The number of hydrogen-bond donors (Lipinski definition) is 2. The van der Waals surface area contributed by atoms with Gasteiger partial charge < -0.3 is 15.5 Å². The molecule has 9 nitrogen and oxygen atoms in total. The minimum atomic E-state index is -0.283. The Morgan fingerprint density at radius 1 is 1.15 bits per heavy atom. The van der Waals surface area contributed by atoms with Crippen LogP contribution in [-0.2, 0) is 16.1 Å². The first-order valence-corrected chi connectivity index (χ1v) is 11.8. The standard InChI is InChI=1S/C23H28N6O3S/c1-13-9-14(2)18(15(3)10-13)26-17(30)11-29-12-25-20-19(22(29)32)33-23(27-20)28-7-5-16(6-8-28)21(31)24-4/h9-10,12,16H,5-8,11H2,1-4H3,(H,24,31)(H,26,30). The van der Waals surface area contributed by atoms with E-state index in [0.29, 0.717) is 23.4 Å². The van der Waals surface area contributed by atoms with Gasteiger partial charge in [0.05, 0.1) is 0 Å². The van der Waals surface area contributed by atoms with Crippen LogP contribution >= 0.6 is 11.3 Å². The molecule has 2 aromatic heterocycles. The van der Waals surface area contributed by atoms with E-state index in [4.69, 9.17) is 0 Å². The van der Waals surface area contributed by atoms with Crippen LogP contribution in [0.1, 0.15) is 29.5 Å². The summed E-state index contributed by atoms with van der Waals surface area (Å²) in [6.07, 6.45) is 2.86. The highest BCUT2D eigenvalue weighted by Crippen LogP contribution is 2.29. The van der Waals surface area contributed by atoms with Gasteiger partial charge in [0.25, 0.3) is 5.56 Å². The summed E-state index contributed by atoms with van der Waals surface area (Å²) in [5.74, 6) is -0.206. The number of amides is 2. The predicted octanol–water partition coefficient (Wildman–Crippen LogP) is 2.38. The van der Waals surface area contributed by atoms with Crippen molar-refractivity contribution >= 4 is 44.3 Å². The van der Waals surface area contributed by atoms with E-state index in [1.165, 1.54) is 22.2 Å². The zero-order valence-corrected chi connectivity index (χ0v) is 20.1. The fourth-order valence-electron chi connectivity index (χ4n) is 4.33. The summed E-state index contributed by atoms with van der Waals surface area (Å²) in [7, 11) is 1.66. The molecule has 0 saturated carbocycles.